The van der Waals surface area contributed by atoms with Gasteiger partial charge >= 0.3 is 0 Å². The minimum atomic E-state index is -0.303. The zero-order valence-corrected chi connectivity index (χ0v) is 17.0. The van der Waals surface area contributed by atoms with Crippen LogP contribution in [0.1, 0.15) is 15.9 Å². The molecule has 2 N–H and O–H groups in total. The van der Waals surface area contributed by atoms with Gasteiger partial charge in [0, 0.05) is 44.1 Å². The first-order valence-electron chi connectivity index (χ1n) is 10.4. The smallest absolute Gasteiger partial charge is 0.259 e. The summed E-state index contributed by atoms with van der Waals surface area (Å²) < 4.78 is 0. The number of carbonyl (C=O) groups excluding carboxylic acids is 1. The quantitative estimate of drug-likeness (QED) is 0.655. The molecule has 0 bridgehead atoms. The van der Waals surface area contributed by atoms with Crippen LogP contribution in [0.15, 0.2) is 78.9 Å². The van der Waals surface area contributed by atoms with E-state index in [0.29, 0.717) is 0 Å². The zero-order valence-electron chi connectivity index (χ0n) is 17.0. The van der Waals surface area contributed by atoms with Crippen LogP contribution in [-0.2, 0) is 6.42 Å². The van der Waals surface area contributed by atoms with Crippen molar-refractivity contribution < 1.29 is 9.90 Å². The molecule has 0 saturated carbocycles. The van der Waals surface area contributed by atoms with Gasteiger partial charge in [-0.3, -0.25) is 9.69 Å². The van der Waals surface area contributed by atoms with Gasteiger partial charge in [0.2, 0.25) is 0 Å². The third-order valence-electron chi connectivity index (χ3n) is 5.54. The molecule has 0 unspecified atom stereocenters. The van der Waals surface area contributed by atoms with E-state index in [1.165, 1.54) is 17.3 Å². The fourth-order valence-electron chi connectivity index (χ4n) is 3.82. The second kappa shape index (κ2) is 9.46. The molecule has 0 aromatic heterocycles. The van der Waals surface area contributed by atoms with Crippen LogP contribution < -0.4 is 10.2 Å². The first kappa shape index (κ1) is 20.0. The Hall–Kier alpha value is -3.31. The molecule has 1 fully saturated rings. The van der Waals surface area contributed by atoms with Crippen molar-refractivity contribution in [2.45, 2.75) is 6.42 Å². The molecule has 0 radical (unpaired) electrons. The van der Waals surface area contributed by atoms with Crippen LogP contribution >= 0.6 is 0 Å². The minimum Gasteiger partial charge on any atom is -0.507 e. The van der Waals surface area contributed by atoms with Gasteiger partial charge in [0.05, 0.1) is 5.56 Å². The highest BCUT2D eigenvalue weighted by atomic mass is 16.3. The summed E-state index contributed by atoms with van der Waals surface area (Å²) >= 11 is 0. The SMILES string of the molecule is O=C(Nc1cccc(CCN2CCN(c3ccccc3)CC2)c1)c1ccccc1O. The Morgan fingerprint density at radius 1 is 0.867 bits per heavy atom. The first-order chi connectivity index (χ1) is 14.7. The number of nitrogens with zero attached hydrogens (tertiary/aromatic N) is 2. The van der Waals surface area contributed by atoms with E-state index in [0.717, 1.165) is 44.8 Å². The summed E-state index contributed by atoms with van der Waals surface area (Å²) in [4.78, 5) is 17.3. The summed E-state index contributed by atoms with van der Waals surface area (Å²) in [5.41, 5.74) is 3.51. The van der Waals surface area contributed by atoms with E-state index in [1.807, 2.05) is 18.2 Å². The maximum Gasteiger partial charge on any atom is 0.259 e. The van der Waals surface area contributed by atoms with E-state index in [2.05, 4.69) is 51.5 Å². The summed E-state index contributed by atoms with van der Waals surface area (Å²) in [7, 11) is 0. The van der Waals surface area contributed by atoms with Gasteiger partial charge in [-0.2, -0.15) is 0 Å². The number of rotatable bonds is 6. The third-order valence-corrected chi connectivity index (χ3v) is 5.54. The van der Waals surface area contributed by atoms with Crippen molar-refractivity contribution in [3.63, 3.8) is 0 Å². The average Bonchev–Trinajstić information content (AvgIpc) is 2.79. The first-order valence-corrected chi connectivity index (χ1v) is 10.4. The maximum absolute atomic E-state index is 12.4. The average molecular weight is 402 g/mol. The van der Waals surface area contributed by atoms with E-state index in [9.17, 15) is 9.90 Å². The summed E-state index contributed by atoms with van der Waals surface area (Å²) in [5, 5.41) is 12.7. The highest BCUT2D eigenvalue weighted by Crippen LogP contribution is 2.19. The predicted molar refractivity (Wildman–Crippen MR) is 121 cm³/mol. The topological polar surface area (TPSA) is 55.8 Å². The number of benzene rings is 3. The monoisotopic (exact) mass is 401 g/mol. The maximum atomic E-state index is 12.4. The molecule has 1 aliphatic rings. The Bertz CT molecular complexity index is 982. The van der Waals surface area contributed by atoms with E-state index in [4.69, 9.17) is 0 Å². The number of hydrogen-bond donors (Lipinski definition) is 2. The van der Waals surface area contributed by atoms with Crippen LogP contribution in [0.3, 0.4) is 0 Å². The van der Waals surface area contributed by atoms with Gasteiger partial charge in [-0.25, -0.2) is 0 Å². The number of hydrogen-bond acceptors (Lipinski definition) is 4. The lowest BCUT2D eigenvalue weighted by molar-refractivity contribution is 0.102. The molecule has 1 heterocycles. The van der Waals surface area contributed by atoms with E-state index in [1.54, 1.807) is 18.2 Å². The summed E-state index contributed by atoms with van der Waals surface area (Å²) in [6, 6.07) is 25.1. The van der Waals surface area contributed by atoms with Crippen molar-refractivity contribution >= 4 is 17.3 Å². The van der Waals surface area contributed by atoms with Gasteiger partial charge in [0.15, 0.2) is 0 Å². The van der Waals surface area contributed by atoms with Crippen molar-refractivity contribution in [2.75, 3.05) is 42.9 Å². The Balaban J connectivity index is 1.29. The molecule has 0 spiro atoms. The number of aromatic hydroxyl groups is 1. The van der Waals surface area contributed by atoms with Crippen molar-refractivity contribution in [1.82, 2.24) is 4.90 Å². The molecule has 1 aliphatic heterocycles. The Morgan fingerprint density at radius 3 is 2.37 bits per heavy atom. The van der Waals surface area contributed by atoms with Crippen molar-refractivity contribution in [3.05, 3.63) is 90.0 Å². The second-order valence-electron chi connectivity index (χ2n) is 7.59. The number of phenols is 1. The number of phenolic OH excluding ortho intramolecular Hbond substituents is 1. The predicted octanol–water partition coefficient (Wildman–Crippen LogP) is 4.01. The van der Waals surface area contributed by atoms with Gasteiger partial charge in [-0.1, -0.05) is 42.5 Å². The largest absolute Gasteiger partial charge is 0.507 e. The fourth-order valence-corrected chi connectivity index (χ4v) is 3.82. The molecular weight excluding hydrogens is 374 g/mol. The molecule has 0 atom stereocenters. The Labute approximate surface area is 177 Å². The molecule has 5 nitrogen and oxygen atoms in total. The van der Waals surface area contributed by atoms with E-state index < -0.39 is 0 Å². The Kier molecular flexibility index (Phi) is 6.30. The summed E-state index contributed by atoms with van der Waals surface area (Å²) in [5.74, 6) is -0.317. The molecule has 0 aliphatic carbocycles. The lowest BCUT2D eigenvalue weighted by atomic mass is 10.1. The molecule has 4 rings (SSSR count). The highest BCUT2D eigenvalue weighted by Gasteiger charge is 2.17. The normalized spacial score (nSPS) is 14.5. The van der Waals surface area contributed by atoms with Crippen LogP contribution in [0.2, 0.25) is 0 Å². The van der Waals surface area contributed by atoms with Gasteiger partial charge in [-0.15, -0.1) is 0 Å². The number of carbonyl (C=O) groups is 1. The van der Waals surface area contributed by atoms with Crippen LogP contribution in [-0.4, -0.2) is 48.6 Å². The summed E-state index contributed by atoms with van der Waals surface area (Å²) in [6.07, 6.45) is 0.936. The molecular formula is C25H27N3O2. The van der Waals surface area contributed by atoms with Crippen LogP contribution in [0.5, 0.6) is 5.75 Å². The molecule has 30 heavy (non-hydrogen) atoms. The fraction of sp³-hybridized carbons (Fsp3) is 0.240. The molecule has 154 valence electrons. The summed E-state index contributed by atoms with van der Waals surface area (Å²) in [6.45, 7) is 5.19. The molecule has 3 aromatic carbocycles. The standard InChI is InChI=1S/C25H27N3O2/c29-24-12-5-4-11-23(24)25(30)26-21-8-6-7-20(19-21)13-14-27-15-17-28(18-16-27)22-9-2-1-3-10-22/h1-12,19,29H,13-18H2,(H,26,30). The highest BCUT2D eigenvalue weighted by molar-refractivity contribution is 6.06. The van der Waals surface area contributed by atoms with Gasteiger partial charge in [0.25, 0.3) is 5.91 Å². The van der Waals surface area contributed by atoms with E-state index >= 15 is 0 Å². The van der Waals surface area contributed by atoms with Gasteiger partial charge in [0.1, 0.15) is 5.75 Å². The minimum absolute atomic E-state index is 0.0131. The van der Waals surface area contributed by atoms with Crippen molar-refractivity contribution in [3.8, 4) is 5.75 Å². The van der Waals surface area contributed by atoms with Crippen molar-refractivity contribution in [1.29, 1.82) is 0 Å². The number of anilines is 2. The van der Waals surface area contributed by atoms with Crippen LogP contribution in [0.25, 0.3) is 0 Å². The van der Waals surface area contributed by atoms with Crippen LogP contribution in [0, 0.1) is 0 Å². The van der Waals surface area contributed by atoms with Crippen molar-refractivity contribution in [2.24, 2.45) is 0 Å². The number of para-hydroxylation sites is 2. The number of amides is 1. The number of piperazine rings is 1. The van der Waals surface area contributed by atoms with Gasteiger partial charge < -0.3 is 15.3 Å². The lowest BCUT2D eigenvalue weighted by Gasteiger charge is -2.36. The lowest BCUT2D eigenvalue weighted by Crippen LogP contribution is -2.46. The Morgan fingerprint density at radius 2 is 1.60 bits per heavy atom. The number of nitrogens with one attached hydrogen (secondary N) is 1. The second-order valence-corrected chi connectivity index (χ2v) is 7.59. The van der Waals surface area contributed by atoms with E-state index in [-0.39, 0.29) is 17.2 Å². The zero-order chi connectivity index (χ0) is 20.8. The molecule has 1 saturated heterocycles. The van der Waals surface area contributed by atoms with Gasteiger partial charge in [-0.05, 0) is 48.4 Å². The molecule has 1 amide bonds. The molecule has 5 heteroatoms. The third kappa shape index (κ3) is 4.99. The van der Waals surface area contributed by atoms with Crippen LogP contribution in [0.4, 0.5) is 11.4 Å². The molecule has 3 aromatic rings.